The molecular weight excluding hydrogens is 191 g/mol. The third kappa shape index (κ3) is 3.21. The molecule has 0 amide bonds. The Balaban J connectivity index is 2.12. The maximum absolute atomic E-state index is 5.49. The average molecular weight is 208 g/mol. The van der Waals surface area contributed by atoms with Crippen LogP contribution >= 0.6 is 21.2 Å². The average Bonchev–Trinajstić information content (AvgIpc) is 2.52. The quantitative estimate of drug-likeness (QED) is 0.509. The number of hydrogen-bond acceptors (Lipinski definition) is 3. The van der Waals surface area contributed by atoms with Crippen molar-refractivity contribution < 1.29 is 9.26 Å². The summed E-state index contributed by atoms with van der Waals surface area (Å²) in [6.07, 6.45) is 2.65. The molecule has 0 radical (unpaired) electrons. The molecule has 1 unspecified atom stereocenters. The maximum atomic E-state index is 5.49. The van der Waals surface area contributed by atoms with E-state index in [0.29, 0.717) is 11.4 Å². The molecule has 2 nitrogen and oxygen atoms in total. The largest absolute Gasteiger partial charge is 0.380 e. The fraction of sp³-hybridized carbons (Fsp3) is 1.00. The summed E-state index contributed by atoms with van der Waals surface area (Å²) < 4.78 is 10.8. The zero-order chi connectivity index (χ0) is 8.81. The molecule has 0 N–H and O–H groups in total. The SMILES string of the molecule is CCCOC[C@H]1SCC[C@@H]1OP. The summed E-state index contributed by atoms with van der Waals surface area (Å²) in [5, 5.41) is 0.550. The molecule has 0 aromatic rings. The fourth-order valence-corrected chi connectivity index (χ4v) is 3.00. The van der Waals surface area contributed by atoms with Crippen molar-refractivity contribution >= 4 is 21.2 Å². The summed E-state index contributed by atoms with van der Waals surface area (Å²) in [6.45, 7) is 3.85. The number of rotatable bonds is 5. The number of ether oxygens (including phenoxy) is 1. The predicted molar refractivity (Wildman–Crippen MR) is 56.6 cm³/mol. The van der Waals surface area contributed by atoms with Crippen LogP contribution in [-0.2, 0) is 9.26 Å². The zero-order valence-corrected chi connectivity index (χ0v) is 9.46. The monoisotopic (exact) mass is 208 g/mol. The first-order valence-corrected chi connectivity index (χ1v) is 5.95. The summed E-state index contributed by atoms with van der Waals surface area (Å²) in [5.74, 6) is 1.21. The molecule has 1 aliphatic heterocycles. The van der Waals surface area contributed by atoms with Crippen LogP contribution in [0.2, 0.25) is 0 Å². The second-order valence-electron chi connectivity index (χ2n) is 2.95. The Labute approximate surface area is 81.1 Å². The molecule has 0 bridgehead atoms. The molecular formula is C8H17O2PS. The first-order valence-electron chi connectivity index (χ1n) is 4.43. The van der Waals surface area contributed by atoms with Gasteiger partial charge in [0.2, 0.25) is 0 Å². The molecule has 0 spiro atoms. The predicted octanol–water partition coefficient (Wildman–Crippen LogP) is 2.09. The van der Waals surface area contributed by atoms with Crippen molar-refractivity contribution in [3.8, 4) is 0 Å². The summed E-state index contributed by atoms with van der Waals surface area (Å²) in [4.78, 5) is 0. The normalized spacial score (nSPS) is 29.5. The van der Waals surface area contributed by atoms with Gasteiger partial charge in [0.05, 0.1) is 18.0 Å². The lowest BCUT2D eigenvalue weighted by atomic mass is 10.2. The zero-order valence-electron chi connectivity index (χ0n) is 7.49. The maximum Gasteiger partial charge on any atom is 0.0759 e. The van der Waals surface area contributed by atoms with Gasteiger partial charge in [0.25, 0.3) is 0 Å². The Morgan fingerprint density at radius 2 is 2.42 bits per heavy atom. The van der Waals surface area contributed by atoms with Crippen LogP contribution in [0.5, 0.6) is 0 Å². The van der Waals surface area contributed by atoms with Crippen LogP contribution in [0.15, 0.2) is 0 Å². The van der Waals surface area contributed by atoms with E-state index in [-0.39, 0.29) is 0 Å². The van der Waals surface area contributed by atoms with Crippen LogP contribution in [0.1, 0.15) is 19.8 Å². The van der Waals surface area contributed by atoms with Gasteiger partial charge in [-0.15, -0.1) is 0 Å². The number of hydrogen-bond donors (Lipinski definition) is 0. The van der Waals surface area contributed by atoms with Crippen molar-refractivity contribution in [3.63, 3.8) is 0 Å². The second kappa shape index (κ2) is 6.20. The van der Waals surface area contributed by atoms with Crippen molar-refractivity contribution in [2.45, 2.75) is 31.1 Å². The second-order valence-corrected chi connectivity index (χ2v) is 4.57. The summed E-state index contributed by atoms with van der Waals surface area (Å²) >= 11 is 1.96. The van der Waals surface area contributed by atoms with E-state index < -0.39 is 0 Å². The van der Waals surface area contributed by atoms with E-state index in [1.54, 1.807) is 0 Å². The van der Waals surface area contributed by atoms with Gasteiger partial charge >= 0.3 is 0 Å². The van der Waals surface area contributed by atoms with Crippen LogP contribution < -0.4 is 0 Å². The third-order valence-corrected chi connectivity index (χ3v) is 3.64. The fourth-order valence-electron chi connectivity index (χ4n) is 1.28. The Bertz CT molecular complexity index is 124. The number of thioether (sulfide) groups is 1. The molecule has 1 fully saturated rings. The highest BCUT2D eigenvalue weighted by Gasteiger charge is 2.27. The van der Waals surface area contributed by atoms with Crippen LogP contribution in [0.3, 0.4) is 0 Å². The van der Waals surface area contributed by atoms with E-state index in [9.17, 15) is 0 Å². The van der Waals surface area contributed by atoms with Gasteiger partial charge < -0.3 is 9.26 Å². The Hall–Kier alpha value is 0.700. The topological polar surface area (TPSA) is 18.5 Å². The molecule has 12 heavy (non-hydrogen) atoms. The molecule has 0 saturated carbocycles. The minimum Gasteiger partial charge on any atom is -0.380 e. The van der Waals surface area contributed by atoms with Crippen molar-refractivity contribution in [2.75, 3.05) is 19.0 Å². The van der Waals surface area contributed by atoms with Gasteiger partial charge in [-0.1, -0.05) is 6.92 Å². The van der Waals surface area contributed by atoms with Crippen molar-refractivity contribution in [1.82, 2.24) is 0 Å². The van der Waals surface area contributed by atoms with Crippen LogP contribution in [0.4, 0.5) is 0 Å². The molecule has 1 rings (SSSR count). The molecule has 3 atom stereocenters. The first kappa shape index (κ1) is 10.8. The van der Waals surface area contributed by atoms with E-state index in [2.05, 4.69) is 16.4 Å². The molecule has 1 saturated heterocycles. The molecule has 1 heterocycles. The van der Waals surface area contributed by atoms with Gasteiger partial charge in [0, 0.05) is 16.1 Å². The van der Waals surface area contributed by atoms with Gasteiger partial charge in [-0.05, 0) is 18.6 Å². The van der Waals surface area contributed by atoms with Crippen LogP contribution in [0, 0.1) is 0 Å². The first-order chi connectivity index (χ1) is 5.88. The third-order valence-electron chi connectivity index (χ3n) is 1.95. The van der Waals surface area contributed by atoms with Gasteiger partial charge in [0.1, 0.15) is 0 Å². The summed E-state index contributed by atoms with van der Waals surface area (Å²) in [7, 11) is 2.36. The van der Waals surface area contributed by atoms with E-state index >= 15 is 0 Å². The van der Waals surface area contributed by atoms with Crippen molar-refractivity contribution in [3.05, 3.63) is 0 Å². The highest BCUT2D eigenvalue weighted by Crippen LogP contribution is 2.30. The molecule has 1 aliphatic rings. The molecule has 0 aromatic heterocycles. The lowest BCUT2D eigenvalue weighted by Crippen LogP contribution is -2.23. The molecule has 0 aliphatic carbocycles. The van der Waals surface area contributed by atoms with E-state index in [1.807, 2.05) is 11.8 Å². The Kier molecular flexibility index (Phi) is 5.57. The molecule has 0 aromatic carbocycles. The van der Waals surface area contributed by atoms with E-state index in [4.69, 9.17) is 9.26 Å². The van der Waals surface area contributed by atoms with Crippen LogP contribution in [-0.4, -0.2) is 30.3 Å². The summed E-state index contributed by atoms with van der Waals surface area (Å²) in [5.41, 5.74) is 0. The van der Waals surface area contributed by atoms with Gasteiger partial charge in [0.15, 0.2) is 0 Å². The lowest BCUT2D eigenvalue weighted by Gasteiger charge is -2.16. The Morgan fingerprint density at radius 3 is 3.08 bits per heavy atom. The summed E-state index contributed by atoms with van der Waals surface area (Å²) in [6, 6.07) is 0. The standard InChI is InChI=1S/C8H17O2PS/c1-2-4-9-6-8-7(10-11)3-5-12-8/h7-8H,2-6,11H2,1H3/t7-,8+/m0/s1. The lowest BCUT2D eigenvalue weighted by molar-refractivity contribution is 0.108. The molecule has 4 heteroatoms. The smallest absolute Gasteiger partial charge is 0.0759 e. The minimum absolute atomic E-state index is 0.386. The highest BCUT2D eigenvalue weighted by molar-refractivity contribution is 8.00. The van der Waals surface area contributed by atoms with Gasteiger partial charge in [-0.25, -0.2) is 0 Å². The van der Waals surface area contributed by atoms with Gasteiger partial charge in [-0.3, -0.25) is 0 Å². The van der Waals surface area contributed by atoms with Crippen molar-refractivity contribution in [1.29, 1.82) is 0 Å². The van der Waals surface area contributed by atoms with Gasteiger partial charge in [-0.2, -0.15) is 11.8 Å². The van der Waals surface area contributed by atoms with Crippen molar-refractivity contribution in [2.24, 2.45) is 0 Å². The van der Waals surface area contributed by atoms with E-state index in [1.165, 1.54) is 5.75 Å². The highest BCUT2D eigenvalue weighted by atomic mass is 32.2. The Morgan fingerprint density at radius 1 is 1.58 bits per heavy atom. The van der Waals surface area contributed by atoms with E-state index in [0.717, 1.165) is 26.1 Å². The molecule has 72 valence electrons. The van der Waals surface area contributed by atoms with Crippen LogP contribution in [0.25, 0.3) is 0 Å². The minimum atomic E-state index is 0.386.